The lowest BCUT2D eigenvalue weighted by atomic mass is 9.47. The van der Waals surface area contributed by atoms with Crippen LogP contribution in [0.1, 0.15) is 164 Å². The summed E-state index contributed by atoms with van der Waals surface area (Å²) in [5.74, 6) is 2.99. The van der Waals surface area contributed by atoms with E-state index in [4.69, 9.17) is 23.3 Å². The van der Waals surface area contributed by atoms with Crippen LogP contribution in [0.4, 0.5) is 0 Å². The number of allylic oxidation sites excluding steroid dienone is 1. The van der Waals surface area contributed by atoms with Crippen LogP contribution in [0.25, 0.3) is 0 Å². The van der Waals surface area contributed by atoms with Gasteiger partial charge in [0.15, 0.2) is 6.10 Å². The summed E-state index contributed by atoms with van der Waals surface area (Å²) in [7, 11) is 1.02. The summed E-state index contributed by atoms with van der Waals surface area (Å²) < 4.78 is 39.7. The van der Waals surface area contributed by atoms with Gasteiger partial charge in [-0.3, -0.25) is 18.9 Å². The molecule has 0 aromatic carbocycles. The van der Waals surface area contributed by atoms with Crippen LogP contribution < -0.4 is 4.89 Å². The van der Waals surface area contributed by atoms with Crippen LogP contribution in [0, 0.1) is 46.3 Å². The van der Waals surface area contributed by atoms with E-state index in [9.17, 15) is 23.8 Å². The third-order valence-electron chi connectivity index (χ3n) is 14.7. The van der Waals surface area contributed by atoms with E-state index in [-0.39, 0.29) is 37.4 Å². The first kappa shape index (κ1) is 49.9. The minimum Gasteiger partial charge on any atom is -0.756 e. The fourth-order valence-electron chi connectivity index (χ4n) is 11.3. The number of fused-ring (bicyclic) bond motifs is 5. The number of phosphoric acid groups is 1. The van der Waals surface area contributed by atoms with Crippen LogP contribution in [0.3, 0.4) is 0 Å². The molecule has 0 aromatic rings. The van der Waals surface area contributed by atoms with Crippen molar-refractivity contribution >= 4 is 25.7 Å². The number of carbonyl (C=O) groups is 3. The van der Waals surface area contributed by atoms with Crippen molar-refractivity contribution in [2.75, 3.05) is 47.5 Å². The maximum Gasteiger partial charge on any atom is 0.306 e. The molecule has 3 saturated carbocycles. The van der Waals surface area contributed by atoms with Crippen molar-refractivity contribution in [1.82, 2.24) is 0 Å². The normalized spacial score (nSPS) is 29.9. The zero-order valence-electron chi connectivity index (χ0n) is 38.4. The van der Waals surface area contributed by atoms with Gasteiger partial charge in [0.2, 0.25) is 0 Å². The summed E-state index contributed by atoms with van der Waals surface area (Å²) in [5, 5.41) is 0. The minimum atomic E-state index is -4.70. The van der Waals surface area contributed by atoms with Crippen molar-refractivity contribution < 1.29 is 51.6 Å². The number of nitrogens with zero attached hydrogens (tertiary/aromatic N) is 1. The molecule has 0 N–H and O–H groups in total. The topological polar surface area (TPSA) is 137 Å². The molecule has 0 aromatic heterocycles. The van der Waals surface area contributed by atoms with Crippen LogP contribution in [0.15, 0.2) is 11.6 Å². The summed E-state index contributed by atoms with van der Waals surface area (Å²) >= 11 is 0. The van der Waals surface area contributed by atoms with Crippen LogP contribution >= 0.6 is 7.82 Å². The number of unbranched alkanes of at least 4 members (excludes halogenated alkanes) is 4. The van der Waals surface area contributed by atoms with E-state index in [0.717, 1.165) is 81.0 Å². The van der Waals surface area contributed by atoms with Gasteiger partial charge in [-0.15, -0.1) is 0 Å². The van der Waals surface area contributed by atoms with Crippen molar-refractivity contribution in [3.8, 4) is 0 Å². The molecule has 3 unspecified atom stereocenters. The van der Waals surface area contributed by atoms with Crippen LogP contribution in [-0.4, -0.2) is 82.1 Å². The SMILES string of the molecule is CCCCCCCC(=O)OC(COC(=O)CCC(=O)OC1CC[C@]2(C)C(=CC[C@@H]3[C@H]4CC[C@@H]([C@@H](C)CCCC(C)C)[C@]4(C)CC[C@H]32)C1)COP(=O)([O-])OCC[N+](C)(C)C. The van der Waals surface area contributed by atoms with Crippen molar-refractivity contribution in [1.29, 1.82) is 0 Å². The number of quaternary nitrogens is 1. The molecular weight excluding hydrogens is 769 g/mol. The Balaban J connectivity index is 1.24. The van der Waals surface area contributed by atoms with Crippen LogP contribution in [0.2, 0.25) is 0 Å². The number of rotatable bonds is 25. The smallest absolute Gasteiger partial charge is 0.306 e. The summed E-state index contributed by atoms with van der Waals surface area (Å²) in [6.07, 6.45) is 18.8. The highest BCUT2D eigenvalue weighted by molar-refractivity contribution is 7.45. The zero-order chi connectivity index (χ0) is 43.4. The first-order valence-corrected chi connectivity index (χ1v) is 24.9. The second-order valence-corrected chi connectivity index (χ2v) is 22.1. The average Bonchev–Trinajstić information content (AvgIpc) is 3.51. The van der Waals surface area contributed by atoms with Crippen molar-refractivity contribution in [3.05, 3.63) is 11.6 Å². The lowest BCUT2D eigenvalue weighted by molar-refractivity contribution is -0.870. The summed E-state index contributed by atoms with van der Waals surface area (Å²) in [5.41, 5.74) is 2.04. The molecule has 0 amide bonds. The second-order valence-electron chi connectivity index (χ2n) is 20.7. The monoisotopic (exact) mass is 852 g/mol. The van der Waals surface area contributed by atoms with E-state index in [2.05, 4.69) is 47.6 Å². The molecule has 12 heteroatoms. The molecule has 340 valence electrons. The van der Waals surface area contributed by atoms with Gasteiger partial charge in [0.25, 0.3) is 7.82 Å². The second kappa shape index (κ2) is 22.5. The highest BCUT2D eigenvalue weighted by Gasteiger charge is 2.59. The molecule has 0 heterocycles. The van der Waals surface area contributed by atoms with Crippen molar-refractivity contribution in [2.24, 2.45) is 46.3 Å². The predicted octanol–water partition coefficient (Wildman–Crippen LogP) is 9.74. The van der Waals surface area contributed by atoms with Gasteiger partial charge >= 0.3 is 17.9 Å². The Labute approximate surface area is 357 Å². The Bertz CT molecular complexity index is 1440. The lowest BCUT2D eigenvalue weighted by Crippen LogP contribution is -2.51. The van der Waals surface area contributed by atoms with Crippen LogP contribution in [-0.2, 0) is 42.2 Å². The molecule has 0 aliphatic heterocycles. The highest BCUT2D eigenvalue weighted by atomic mass is 31.2. The first-order chi connectivity index (χ1) is 27.8. The van der Waals surface area contributed by atoms with Crippen molar-refractivity contribution in [2.45, 2.75) is 176 Å². The van der Waals surface area contributed by atoms with E-state index in [1.54, 1.807) is 0 Å². The molecule has 10 atom stereocenters. The standard InChI is InChI=1S/C47H82NO10P/c1-10-11-12-13-14-18-44(50)58-38(33-56-59(52,53)55-30-29-48(7,8)9)32-54-43(49)23-24-45(51)57-37-25-27-46(5)36(31-37)19-20-39-41-22-21-40(35(4)17-15-16-34(2)3)47(41,6)28-26-42(39)46/h19,34-35,37-42H,10-18,20-33H2,1-9H3/t35-,37?,38?,39+,40-,41+,42+,46+,47-/m0/s1. The van der Waals surface area contributed by atoms with E-state index in [1.807, 2.05) is 21.1 Å². The van der Waals surface area contributed by atoms with Gasteiger partial charge < -0.3 is 32.6 Å². The number of carbonyl (C=O) groups excluding carboxylic acids is 3. The van der Waals surface area contributed by atoms with E-state index >= 15 is 0 Å². The number of ether oxygens (including phenoxy) is 3. The largest absolute Gasteiger partial charge is 0.756 e. The summed E-state index contributed by atoms with van der Waals surface area (Å²) in [6.45, 7) is 13.8. The molecule has 4 rings (SSSR count). The van der Waals surface area contributed by atoms with E-state index in [1.165, 1.54) is 50.5 Å². The van der Waals surface area contributed by atoms with Gasteiger partial charge in [0.1, 0.15) is 25.9 Å². The van der Waals surface area contributed by atoms with E-state index < -0.39 is 45.0 Å². The average molecular weight is 852 g/mol. The Kier molecular flexibility index (Phi) is 19.0. The first-order valence-electron chi connectivity index (χ1n) is 23.4. The highest BCUT2D eigenvalue weighted by Crippen LogP contribution is 2.67. The maximum atomic E-state index is 13.0. The van der Waals surface area contributed by atoms with Gasteiger partial charge in [-0.05, 0) is 97.7 Å². The van der Waals surface area contributed by atoms with Gasteiger partial charge in [-0.25, -0.2) is 0 Å². The molecule has 11 nitrogen and oxygen atoms in total. The molecule has 4 aliphatic carbocycles. The molecule has 0 bridgehead atoms. The van der Waals surface area contributed by atoms with Crippen LogP contribution in [0.5, 0.6) is 0 Å². The summed E-state index contributed by atoms with van der Waals surface area (Å²) in [6, 6.07) is 0. The predicted molar refractivity (Wildman–Crippen MR) is 229 cm³/mol. The Hall–Kier alpha value is -1.78. The Morgan fingerprint density at radius 1 is 0.847 bits per heavy atom. The molecule has 0 spiro atoms. The zero-order valence-corrected chi connectivity index (χ0v) is 39.3. The third-order valence-corrected chi connectivity index (χ3v) is 15.7. The molecule has 0 saturated heterocycles. The quantitative estimate of drug-likeness (QED) is 0.0218. The molecule has 4 aliphatic rings. The number of hydrogen-bond acceptors (Lipinski definition) is 10. The number of phosphoric ester groups is 1. The molecule has 59 heavy (non-hydrogen) atoms. The Morgan fingerprint density at radius 3 is 2.29 bits per heavy atom. The third kappa shape index (κ3) is 14.9. The number of hydrogen-bond donors (Lipinski definition) is 0. The minimum absolute atomic E-state index is 0.0744. The maximum absolute atomic E-state index is 13.0. The Morgan fingerprint density at radius 2 is 1.58 bits per heavy atom. The lowest BCUT2D eigenvalue weighted by Gasteiger charge is -2.58. The van der Waals surface area contributed by atoms with Gasteiger partial charge in [0, 0.05) is 12.8 Å². The fraction of sp³-hybridized carbons (Fsp3) is 0.894. The van der Waals surface area contributed by atoms with E-state index in [0.29, 0.717) is 28.8 Å². The van der Waals surface area contributed by atoms with Gasteiger partial charge in [-0.2, -0.15) is 0 Å². The van der Waals surface area contributed by atoms with Gasteiger partial charge in [-0.1, -0.05) is 98.1 Å². The van der Waals surface area contributed by atoms with Crippen molar-refractivity contribution in [3.63, 3.8) is 0 Å². The number of esters is 3. The molecular formula is C47H82NO10P. The number of likely N-dealkylation sites (N-methyl/N-ethyl adjacent to an activating group) is 1. The molecule has 0 radical (unpaired) electrons. The van der Waals surface area contributed by atoms with Gasteiger partial charge in [0.05, 0.1) is 40.6 Å². The summed E-state index contributed by atoms with van der Waals surface area (Å²) in [4.78, 5) is 50.8. The molecule has 3 fully saturated rings. The fourth-order valence-corrected chi connectivity index (χ4v) is 12.1.